The molecule has 1 aromatic carbocycles. The van der Waals surface area contributed by atoms with Gasteiger partial charge in [-0.1, -0.05) is 0 Å². The van der Waals surface area contributed by atoms with Gasteiger partial charge in [-0.3, -0.25) is 0 Å². The molecular weight excluding hydrogens is 616 g/mol. The molecule has 160 valence electrons. The number of morpholine rings is 2. The molecule has 2 saturated heterocycles. The summed E-state index contributed by atoms with van der Waals surface area (Å²) in [6, 6.07) is 3.76. The molecule has 0 bridgehead atoms. The minimum absolute atomic E-state index is 0.195. The van der Waals surface area contributed by atoms with Crippen molar-refractivity contribution in [2.75, 3.05) is 67.8 Å². The van der Waals surface area contributed by atoms with Crippen LogP contribution < -0.4 is 15.2 Å². The molecule has 4 rings (SSSR count). The second-order valence-electron chi connectivity index (χ2n) is 6.65. The van der Waals surface area contributed by atoms with Crippen molar-refractivity contribution in [2.24, 2.45) is 5.10 Å². The lowest BCUT2D eigenvalue weighted by atomic mass is 10.2. The monoisotopic (exact) mass is 637 g/mol. The van der Waals surface area contributed by atoms with Crippen molar-refractivity contribution in [3.63, 3.8) is 0 Å². The van der Waals surface area contributed by atoms with E-state index in [1.165, 1.54) is 0 Å². The van der Waals surface area contributed by atoms with Crippen LogP contribution in [0.3, 0.4) is 0 Å². The Balaban J connectivity index is 1.58. The van der Waals surface area contributed by atoms with Gasteiger partial charge in [0.15, 0.2) is 0 Å². The summed E-state index contributed by atoms with van der Waals surface area (Å²) in [6.07, 6.45) is 1.56. The SMILES string of the molecule is Oc1c(I)cc(I)cc1C=NNc1nc(N2CCOCC2)nc(N2CCOCC2)n1. The number of phenols is 1. The molecule has 1 aromatic heterocycles. The van der Waals surface area contributed by atoms with E-state index >= 15 is 0 Å². The smallest absolute Gasteiger partial charge is 0.250 e. The molecule has 0 radical (unpaired) electrons. The van der Waals surface area contributed by atoms with Crippen LogP contribution in [-0.2, 0) is 9.47 Å². The summed E-state index contributed by atoms with van der Waals surface area (Å²) >= 11 is 4.30. The predicted octanol–water partition coefficient (Wildman–Crippen LogP) is 1.91. The molecule has 10 nitrogen and oxygen atoms in total. The van der Waals surface area contributed by atoms with Gasteiger partial charge in [0.2, 0.25) is 17.8 Å². The summed E-state index contributed by atoms with van der Waals surface area (Å²) in [4.78, 5) is 17.9. The molecule has 0 saturated carbocycles. The summed E-state index contributed by atoms with van der Waals surface area (Å²) in [5, 5.41) is 14.5. The van der Waals surface area contributed by atoms with Crippen molar-refractivity contribution in [3.05, 3.63) is 24.8 Å². The third-order valence-corrected chi connectivity index (χ3v) is 6.07. The molecule has 0 spiro atoms. The van der Waals surface area contributed by atoms with Crippen LogP contribution in [0.15, 0.2) is 17.2 Å². The number of phenolic OH excluding ortho intramolecular Hbond substituents is 1. The highest BCUT2D eigenvalue weighted by Gasteiger charge is 2.20. The van der Waals surface area contributed by atoms with Gasteiger partial charge in [-0.2, -0.15) is 20.1 Å². The van der Waals surface area contributed by atoms with Crippen molar-refractivity contribution in [3.8, 4) is 5.75 Å². The topological polar surface area (TPSA) is 108 Å². The maximum absolute atomic E-state index is 10.2. The zero-order chi connectivity index (χ0) is 20.9. The van der Waals surface area contributed by atoms with E-state index in [9.17, 15) is 5.11 Å². The standard InChI is InChI=1S/C18H21I2N7O3/c19-13-9-12(15(28)14(20)10-13)11-21-25-16-22-17(26-1-5-29-6-2-26)24-18(23-16)27-3-7-30-8-4-27/h9-11,28H,1-8H2,(H,22,23,24,25). The molecule has 0 atom stereocenters. The van der Waals surface area contributed by atoms with Crippen LogP contribution >= 0.6 is 45.2 Å². The average Bonchev–Trinajstić information content (AvgIpc) is 2.78. The number of hydrogen-bond acceptors (Lipinski definition) is 10. The third-order valence-electron chi connectivity index (χ3n) is 4.63. The third kappa shape index (κ3) is 5.39. The number of hydrogen-bond donors (Lipinski definition) is 2. The van der Waals surface area contributed by atoms with Gasteiger partial charge in [0, 0.05) is 35.3 Å². The molecule has 0 amide bonds. The molecular formula is C18H21I2N7O3. The van der Waals surface area contributed by atoms with Gasteiger partial charge in [-0.15, -0.1) is 0 Å². The lowest BCUT2D eigenvalue weighted by Gasteiger charge is -2.30. The van der Waals surface area contributed by atoms with E-state index in [4.69, 9.17) is 9.47 Å². The van der Waals surface area contributed by atoms with E-state index in [1.807, 2.05) is 12.1 Å². The average molecular weight is 637 g/mol. The van der Waals surface area contributed by atoms with E-state index in [0.717, 1.165) is 33.3 Å². The van der Waals surface area contributed by atoms with Crippen molar-refractivity contribution in [1.82, 2.24) is 15.0 Å². The number of nitrogens with zero attached hydrogens (tertiary/aromatic N) is 6. The van der Waals surface area contributed by atoms with E-state index in [1.54, 1.807) is 6.21 Å². The number of aromatic nitrogens is 3. The van der Waals surface area contributed by atoms with Crippen molar-refractivity contribution < 1.29 is 14.6 Å². The molecule has 0 unspecified atom stereocenters. The summed E-state index contributed by atoms with van der Waals surface area (Å²) in [6.45, 7) is 5.48. The Morgan fingerprint density at radius 1 is 0.933 bits per heavy atom. The quantitative estimate of drug-likeness (QED) is 0.289. The zero-order valence-corrected chi connectivity index (χ0v) is 20.4. The first kappa shape index (κ1) is 21.7. The number of anilines is 3. The number of rotatable bonds is 5. The number of ether oxygens (including phenoxy) is 2. The maximum Gasteiger partial charge on any atom is 0.250 e. The molecule has 30 heavy (non-hydrogen) atoms. The summed E-state index contributed by atoms with van der Waals surface area (Å²) in [5.41, 5.74) is 3.51. The maximum atomic E-state index is 10.2. The van der Waals surface area contributed by atoms with E-state index in [-0.39, 0.29) is 5.75 Å². The summed E-state index contributed by atoms with van der Waals surface area (Å²) < 4.78 is 12.7. The second kappa shape index (κ2) is 10.2. The predicted molar refractivity (Wildman–Crippen MR) is 131 cm³/mol. The van der Waals surface area contributed by atoms with E-state index in [0.29, 0.717) is 49.8 Å². The fraction of sp³-hybridized carbons (Fsp3) is 0.444. The number of halogens is 2. The van der Waals surface area contributed by atoms with E-state index in [2.05, 4.69) is 80.5 Å². The van der Waals surface area contributed by atoms with Gasteiger partial charge in [-0.25, -0.2) is 5.43 Å². The van der Waals surface area contributed by atoms with Gasteiger partial charge in [0.05, 0.1) is 36.2 Å². The number of benzene rings is 1. The Hall–Kier alpha value is -1.52. The van der Waals surface area contributed by atoms with Crippen LogP contribution in [0.2, 0.25) is 0 Å². The minimum atomic E-state index is 0.195. The lowest BCUT2D eigenvalue weighted by Crippen LogP contribution is -2.40. The van der Waals surface area contributed by atoms with Crippen LogP contribution in [0.25, 0.3) is 0 Å². The van der Waals surface area contributed by atoms with Gasteiger partial charge in [0.25, 0.3) is 0 Å². The lowest BCUT2D eigenvalue weighted by molar-refractivity contribution is 0.121. The Kier molecular flexibility index (Phi) is 7.37. The largest absolute Gasteiger partial charge is 0.506 e. The van der Waals surface area contributed by atoms with Crippen molar-refractivity contribution >= 4 is 69.2 Å². The molecule has 0 aliphatic carbocycles. The van der Waals surface area contributed by atoms with Gasteiger partial charge in [0.1, 0.15) is 5.75 Å². The fourth-order valence-corrected chi connectivity index (χ4v) is 4.95. The van der Waals surface area contributed by atoms with Crippen molar-refractivity contribution in [1.29, 1.82) is 0 Å². The minimum Gasteiger partial charge on any atom is -0.506 e. The molecule has 2 aliphatic rings. The first-order chi connectivity index (χ1) is 14.6. The number of aromatic hydroxyl groups is 1. The Labute approximate surface area is 201 Å². The Bertz CT molecular complexity index is 883. The van der Waals surface area contributed by atoms with Gasteiger partial charge < -0.3 is 24.4 Å². The van der Waals surface area contributed by atoms with Crippen LogP contribution in [0, 0.1) is 7.14 Å². The van der Waals surface area contributed by atoms with Crippen LogP contribution in [0.1, 0.15) is 5.56 Å². The molecule has 2 aromatic rings. The highest BCUT2D eigenvalue weighted by atomic mass is 127. The zero-order valence-electron chi connectivity index (χ0n) is 16.1. The van der Waals surface area contributed by atoms with Crippen molar-refractivity contribution in [2.45, 2.75) is 0 Å². The second-order valence-corrected chi connectivity index (χ2v) is 9.06. The Morgan fingerprint density at radius 2 is 1.50 bits per heavy atom. The highest BCUT2D eigenvalue weighted by Crippen LogP contribution is 2.26. The first-order valence-electron chi connectivity index (χ1n) is 9.49. The van der Waals surface area contributed by atoms with Crippen LogP contribution in [0.5, 0.6) is 5.75 Å². The van der Waals surface area contributed by atoms with Crippen LogP contribution in [0.4, 0.5) is 17.8 Å². The Morgan fingerprint density at radius 3 is 2.07 bits per heavy atom. The normalized spacial score (nSPS) is 17.5. The van der Waals surface area contributed by atoms with Gasteiger partial charge in [-0.05, 0) is 57.3 Å². The number of hydrazone groups is 1. The summed E-state index contributed by atoms with van der Waals surface area (Å²) in [7, 11) is 0. The molecule has 3 heterocycles. The molecule has 2 aliphatic heterocycles. The molecule has 2 N–H and O–H groups in total. The highest BCUT2D eigenvalue weighted by molar-refractivity contribution is 14.1. The van der Waals surface area contributed by atoms with E-state index < -0.39 is 0 Å². The molecule has 12 heteroatoms. The fourth-order valence-electron chi connectivity index (χ4n) is 3.06. The first-order valence-corrected chi connectivity index (χ1v) is 11.6. The van der Waals surface area contributed by atoms with Gasteiger partial charge >= 0.3 is 0 Å². The number of nitrogens with one attached hydrogen (secondary N) is 1. The van der Waals surface area contributed by atoms with Crippen LogP contribution in [-0.4, -0.2) is 78.9 Å². The summed E-state index contributed by atoms with van der Waals surface area (Å²) in [5.74, 6) is 1.74. The molecule has 2 fully saturated rings.